The Hall–Kier alpha value is -1.11. The molecule has 7 heteroatoms. The van der Waals surface area contributed by atoms with Gasteiger partial charge >= 0.3 is 5.97 Å². The molecule has 1 aromatic rings. The molecule has 82 valence electrons. The summed E-state index contributed by atoms with van der Waals surface area (Å²) in [5.74, 6) is -2.07. The largest absolute Gasteiger partial charge is 0.465 e. The van der Waals surface area contributed by atoms with E-state index in [1.807, 2.05) is 0 Å². The van der Waals surface area contributed by atoms with E-state index in [9.17, 15) is 18.0 Å². The average Bonchev–Trinajstić information content (AvgIpc) is 2.19. The topological polar surface area (TPSA) is 39.2 Å². The summed E-state index contributed by atoms with van der Waals surface area (Å²) in [4.78, 5) is 14.0. The van der Waals surface area contributed by atoms with E-state index >= 15 is 0 Å². The maximum absolute atomic E-state index is 12.8. The monoisotopic (exact) mass is 283 g/mol. The quantitative estimate of drug-likeness (QED) is 0.619. The van der Waals surface area contributed by atoms with Gasteiger partial charge in [0.05, 0.1) is 17.1 Å². The lowest BCUT2D eigenvalue weighted by molar-refractivity contribution is 0.0598. The number of carbonyl (C=O) groups excluding carboxylic acids is 1. The number of rotatable bonds is 2. The zero-order valence-corrected chi connectivity index (χ0v) is 9.02. The van der Waals surface area contributed by atoms with Crippen molar-refractivity contribution >= 4 is 21.9 Å². The molecule has 0 atom stereocenters. The van der Waals surface area contributed by atoms with Crippen molar-refractivity contribution in [2.75, 3.05) is 7.11 Å². The molecule has 1 aromatic heterocycles. The van der Waals surface area contributed by atoms with E-state index < -0.39 is 24.0 Å². The molecule has 15 heavy (non-hydrogen) atoms. The van der Waals surface area contributed by atoms with Gasteiger partial charge in [0, 0.05) is 6.07 Å². The third kappa shape index (κ3) is 2.47. The minimum absolute atomic E-state index is 0.259. The van der Waals surface area contributed by atoms with Crippen molar-refractivity contribution in [2.24, 2.45) is 0 Å². The number of pyridine rings is 1. The fourth-order valence-corrected chi connectivity index (χ4v) is 1.46. The average molecular weight is 284 g/mol. The van der Waals surface area contributed by atoms with E-state index in [1.54, 1.807) is 0 Å². The molecule has 1 rings (SSSR count). The summed E-state index contributed by atoms with van der Waals surface area (Å²) >= 11 is 2.75. The van der Waals surface area contributed by atoms with Gasteiger partial charge in [-0.3, -0.25) is 0 Å². The van der Waals surface area contributed by atoms with Gasteiger partial charge in [-0.2, -0.15) is 4.39 Å². The number of methoxy groups -OCH3 is 1. The van der Waals surface area contributed by atoms with Crippen molar-refractivity contribution in [2.45, 2.75) is 6.43 Å². The van der Waals surface area contributed by atoms with Crippen LogP contribution in [0.3, 0.4) is 0 Å². The summed E-state index contributed by atoms with van der Waals surface area (Å²) in [6, 6.07) is 0.724. The van der Waals surface area contributed by atoms with E-state index in [1.165, 1.54) is 0 Å². The molecule has 1 heterocycles. The van der Waals surface area contributed by atoms with Crippen LogP contribution >= 0.6 is 15.9 Å². The minimum atomic E-state index is -2.97. The highest BCUT2D eigenvalue weighted by Crippen LogP contribution is 2.29. The van der Waals surface area contributed by atoms with Crippen molar-refractivity contribution in [3.8, 4) is 0 Å². The molecule has 0 saturated heterocycles. The molecule has 0 spiro atoms. The number of carbonyl (C=O) groups is 1. The molecule has 0 radical (unpaired) electrons. The first-order valence-corrected chi connectivity index (χ1v) is 4.49. The van der Waals surface area contributed by atoms with Crippen LogP contribution < -0.4 is 0 Å². The second kappa shape index (κ2) is 4.61. The van der Waals surface area contributed by atoms with E-state index in [0.29, 0.717) is 0 Å². The Balaban J connectivity index is 3.34. The molecule has 0 bridgehead atoms. The van der Waals surface area contributed by atoms with E-state index in [4.69, 9.17) is 0 Å². The standard InChI is InChI=1S/C8H5BrF3NO2/c1-15-8(14)3-2-4(10)13-6(5(3)9)7(11)12/h2,7H,1H3. The predicted octanol–water partition coefficient (Wildman–Crippen LogP) is 2.71. The summed E-state index contributed by atoms with van der Waals surface area (Å²) in [5, 5.41) is 0. The highest BCUT2D eigenvalue weighted by atomic mass is 79.9. The number of esters is 1. The molecule has 0 aliphatic heterocycles. The predicted molar refractivity (Wildman–Crippen MR) is 48.2 cm³/mol. The van der Waals surface area contributed by atoms with E-state index in [2.05, 4.69) is 25.7 Å². The Bertz CT molecular complexity index is 398. The van der Waals surface area contributed by atoms with Crippen molar-refractivity contribution in [3.05, 3.63) is 27.7 Å². The van der Waals surface area contributed by atoms with Crippen LogP contribution in [0, 0.1) is 5.95 Å². The lowest BCUT2D eigenvalue weighted by Gasteiger charge is -2.07. The first-order valence-electron chi connectivity index (χ1n) is 3.69. The maximum atomic E-state index is 12.8. The molecule has 3 nitrogen and oxygen atoms in total. The minimum Gasteiger partial charge on any atom is -0.465 e. The number of alkyl halides is 2. The Labute approximate surface area is 91.4 Å². The van der Waals surface area contributed by atoms with Gasteiger partial charge < -0.3 is 4.74 Å². The molecule has 0 aliphatic rings. The van der Waals surface area contributed by atoms with Crippen LogP contribution in [0.4, 0.5) is 13.2 Å². The number of nitrogens with zero attached hydrogens (tertiary/aromatic N) is 1. The Kier molecular flexibility index (Phi) is 3.67. The molecule has 0 unspecified atom stereocenters. The second-order valence-corrected chi connectivity index (χ2v) is 3.28. The van der Waals surface area contributed by atoms with Crippen LogP contribution in [0.15, 0.2) is 10.5 Å². The first-order chi connectivity index (χ1) is 6.97. The number of ether oxygens (including phenoxy) is 1. The van der Waals surface area contributed by atoms with Crippen LogP contribution in [-0.4, -0.2) is 18.1 Å². The van der Waals surface area contributed by atoms with E-state index in [0.717, 1.165) is 13.2 Å². The van der Waals surface area contributed by atoms with Crippen LogP contribution in [-0.2, 0) is 4.74 Å². The van der Waals surface area contributed by atoms with Gasteiger partial charge in [-0.05, 0) is 15.9 Å². The molecular weight excluding hydrogens is 279 g/mol. The molecule has 0 aliphatic carbocycles. The highest BCUT2D eigenvalue weighted by Gasteiger charge is 2.22. The first kappa shape index (κ1) is 12.0. The molecule has 0 aromatic carbocycles. The molecule has 0 amide bonds. The van der Waals surface area contributed by atoms with Crippen LogP contribution in [0.2, 0.25) is 0 Å². The molecule has 0 saturated carbocycles. The van der Waals surface area contributed by atoms with Gasteiger partial charge in [-0.1, -0.05) is 0 Å². The zero-order chi connectivity index (χ0) is 11.6. The second-order valence-electron chi connectivity index (χ2n) is 2.48. The smallest absolute Gasteiger partial charge is 0.339 e. The lowest BCUT2D eigenvalue weighted by Crippen LogP contribution is -2.07. The lowest BCUT2D eigenvalue weighted by atomic mass is 10.2. The van der Waals surface area contributed by atoms with Crippen molar-refractivity contribution in [1.29, 1.82) is 0 Å². The fourth-order valence-electron chi connectivity index (χ4n) is 0.920. The van der Waals surface area contributed by atoms with Gasteiger partial charge in [0.25, 0.3) is 6.43 Å². The van der Waals surface area contributed by atoms with Crippen LogP contribution in [0.5, 0.6) is 0 Å². The summed E-state index contributed by atoms with van der Waals surface area (Å²) in [6.07, 6.45) is -2.97. The van der Waals surface area contributed by atoms with Gasteiger partial charge in [-0.15, -0.1) is 0 Å². The Morgan fingerprint density at radius 3 is 2.67 bits per heavy atom. The zero-order valence-electron chi connectivity index (χ0n) is 7.43. The van der Waals surface area contributed by atoms with Crippen molar-refractivity contribution in [1.82, 2.24) is 4.98 Å². The SMILES string of the molecule is COC(=O)c1cc(F)nc(C(F)F)c1Br. The Morgan fingerprint density at radius 1 is 1.60 bits per heavy atom. The number of aromatic nitrogens is 1. The summed E-state index contributed by atoms with van der Waals surface area (Å²) < 4.78 is 41.5. The third-order valence-electron chi connectivity index (χ3n) is 1.56. The fraction of sp³-hybridized carbons (Fsp3) is 0.250. The van der Waals surface area contributed by atoms with Gasteiger partial charge in [-0.25, -0.2) is 18.6 Å². The van der Waals surface area contributed by atoms with E-state index in [-0.39, 0.29) is 10.0 Å². The summed E-state index contributed by atoms with van der Waals surface area (Å²) in [7, 11) is 1.06. The van der Waals surface area contributed by atoms with Crippen LogP contribution in [0.25, 0.3) is 0 Å². The highest BCUT2D eigenvalue weighted by molar-refractivity contribution is 9.10. The maximum Gasteiger partial charge on any atom is 0.339 e. The third-order valence-corrected chi connectivity index (χ3v) is 2.40. The molecule has 0 N–H and O–H groups in total. The van der Waals surface area contributed by atoms with Crippen LogP contribution in [0.1, 0.15) is 22.5 Å². The van der Waals surface area contributed by atoms with Crippen molar-refractivity contribution < 1.29 is 22.7 Å². The molecule has 0 fully saturated rings. The Morgan fingerprint density at radius 2 is 2.20 bits per heavy atom. The number of halogens is 4. The van der Waals surface area contributed by atoms with Gasteiger partial charge in [0.1, 0.15) is 5.69 Å². The normalized spacial score (nSPS) is 10.5. The number of hydrogen-bond donors (Lipinski definition) is 0. The summed E-state index contributed by atoms with van der Waals surface area (Å²) in [5.41, 5.74) is -1.14. The molecular formula is C8H5BrF3NO2. The number of hydrogen-bond acceptors (Lipinski definition) is 3. The van der Waals surface area contributed by atoms with Gasteiger partial charge in [0.2, 0.25) is 5.95 Å². The van der Waals surface area contributed by atoms with Crippen molar-refractivity contribution in [3.63, 3.8) is 0 Å². The summed E-state index contributed by atoms with van der Waals surface area (Å²) in [6.45, 7) is 0. The van der Waals surface area contributed by atoms with Gasteiger partial charge in [0.15, 0.2) is 0 Å².